The fraction of sp³-hybridized carbons (Fsp3) is 0.409. The Balaban J connectivity index is 1.58. The summed E-state index contributed by atoms with van der Waals surface area (Å²) in [5.41, 5.74) is -3.45. The van der Waals surface area contributed by atoms with E-state index >= 15 is 0 Å². The monoisotopic (exact) mass is 445 g/mol. The van der Waals surface area contributed by atoms with Crippen molar-refractivity contribution in [3.05, 3.63) is 70.8 Å². The lowest BCUT2D eigenvalue weighted by atomic mass is 9.83. The minimum Gasteiger partial charge on any atom is -0.369 e. The average molecular weight is 445 g/mol. The molecule has 0 bridgehead atoms. The van der Waals surface area contributed by atoms with Gasteiger partial charge in [0, 0.05) is 18.0 Å². The van der Waals surface area contributed by atoms with E-state index in [0.29, 0.717) is 30.5 Å². The molecule has 3 rings (SSSR count). The first-order chi connectivity index (χ1) is 14.4. The smallest absolute Gasteiger partial charge is 0.369 e. The standard InChI is InChI=1S/C22H21F6NO2/c23-21(24,25)20(31,22(26,27)28)18-9-5-14(6-10-18)11-12-29-19(30)17-8-7-15-3-1-2-4-16(15)13-17/h1-6,9-10,17,31H,7-8,11-13H2,(H,29,30). The Morgan fingerprint density at radius 1 is 0.935 bits per heavy atom. The molecule has 2 N–H and O–H groups in total. The molecule has 0 saturated carbocycles. The number of alkyl halides is 6. The summed E-state index contributed by atoms with van der Waals surface area (Å²) in [4.78, 5) is 12.4. The van der Waals surface area contributed by atoms with Gasteiger partial charge >= 0.3 is 12.4 Å². The average Bonchev–Trinajstić information content (AvgIpc) is 2.71. The van der Waals surface area contributed by atoms with Gasteiger partial charge in [0.2, 0.25) is 5.91 Å². The molecular weight excluding hydrogens is 424 g/mol. The van der Waals surface area contributed by atoms with Gasteiger partial charge in [0.15, 0.2) is 0 Å². The molecule has 168 valence electrons. The van der Waals surface area contributed by atoms with E-state index in [2.05, 4.69) is 5.32 Å². The summed E-state index contributed by atoms with van der Waals surface area (Å²) in [7, 11) is 0. The second kappa shape index (κ2) is 8.53. The van der Waals surface area contributed by atoms with Crippen LogP contribution in [-0.4, -0.2) is 29.9 Å². The van der Waals surface area contributed by atoms with Crippen LogP contribution in [0.3, 0.4) is 0 Å². The molecule has 0 aromatic heterocycles. The van der Waals surface area contributed by atoms with E-state index in [-0.39, 0.29) is 24.8 Å². The van der Waals surface area contributed by atoms with E-state index in [1.807, 2.05) is 24.3 Å². The maximum Gasteiger partial charge on any atom is 0.430 e. The summed E-state index contributed by atoms with van der Waals surface area (Å²) >= 11 is 0. The Labute approximate surface area is 175 Å². The largest absolute Gasteiger partial charge is 0.430 e. The van der Waals surface area contributed by atoms with Crippen molar-refractivity contribution in [2.45, 2.75) is 43.6 Å². The quantitative estimate of drug-likeness (QED) is 0.668. The molecule has 1 aliphatic carbocycles. The SMILES string of the molecule is O=C(NCCc1ccc(C(O)(C(F)(F)F)C(F)(F)F)cc1)C1CCc2ccccc2C1. The van der Waals surface area contributed by atoms with Gasteiger partial charge in [-0.05, 0) is 42.4 Å². The number of benzene rings is 2. The Morgan fingerprint density at radius 2 is 1.52 bits per heavy atom. The lowest BCUT2D eigenvalue weighted by Gasteiger charge is -2.32. The summed E-state index contributed by atoms with van der Waals surface area (Å²) in [5.74, 6) is -0.305. The maximum atomic E-state index is 12.9. The first-order valence-electron chi connectivity index (χ1n) is 9.73. The molecule has 0 aliphatic heterocycles. The number of carbonyl (C=O) groups excluding carboxylic acids is 1. The summed E-state index contributed by atoms with van der Waals surface area (Å²) < 4.78 is 77.6. The zero-order valence-electron chi connectivity index (χ0n) is 16.4. The third-order valence-electron chi connectivity index (χ3n) is 5.62. The van der Waals surface area contributed by atoms with E-state index in [0.717, 1.165) is 24.1 Å². The highest BCUT2D eigenvalue weighted by Gasteiger charge is 2.71. The van der Waals surface area contributed by atoms with Gasteiger partial charge in [-0.25, -0.2) is 0 Å². The summed E-state index contributed by atoms with van der Waals surface area (Å²) in [6, 6.07) is 11.3. The first-order valence-corrected chi connectivity index (χ1v) is 9.73. The number of halogens is 6. The highest BCUT2D eigenvalue weighted by atomic mass is 19.4. The van der Waals surface area contributed by atoms with Gasteiger partial charge in [0.1, 0.15) is 0 Å². The normalized spacial score (nSPS) is 17.2. The predicted molar refractivity (Wildman–Crippen MR) is 101 cm³/mol. The van der Waals surface area contributed by atoms with Crippen LogP contribution in [0, 0.1) is 5.92 Å². The number of carbonyl (C=O) groups is 1. The lowest BCUT2D eigenvalue weighted by molar-refractivity contribution is -0.376. The van der Waals surface area contributed by atoms with Gasteiger partial charge in [-0.2, -0.15) is 26.3 Å². The van der Waals surface area contributed by atoms with Gasteiger partial charge in [-0.3, -0.25) is 4.79 Å². The number of aryl methyl sites for hydroxylation is 1. The van der Waals surface area contributed by atoms with Gasteiger partial charge in [0.05, 0.1) is 0 Å². The molecular formula is C22H21F6NO2. The topological polar surface area (TPSA) is 49.3 Å². The molecule has 3 nitrogen and oxygen atoms in total. The lowest BCUT2D eigenvalue weighted by Crippen LogP contribution is -2.53. The van der Waals surface area contributed by atoms with Crippen LogP contribution in [0.15, 0.2) is 48.5 Å². The number of nitrogens with one attached hydrogen (secondary N) is 1. The number of amides is 1. The molecule has 0 spiro atoms. The molecule has 1 amide bonds. The van der Waals surface area contributed by atoms with Crippen molar-refractivity contribution >= 4 is 5.91 Å². The second-order valence-corrected chi connectivity index (χ2v) is 7.65. The third-order valence-corrected chi connectivity index (χ3v) is 5.62. The Hall–Kier alpha value is -2.55. The van der Waals surface area contributed by atoms with Gasteiger partial charge < -0.3 is 10.4 Å². The maximum absolute atomic E-state index is 12.9. The van der Waals surface area contributed by atoms with Crippen molar-refractivity contribution in [3.8, 4) is 0 Å². The minimum atomic E-state index is -5.92. The highest BCUT2D eigenvalue weighted by Crippen LogP contribution is 2.49. The van der Waals surface area contributed by atoms with E-state index in [1.54, 1.807) is 0 Å². The minimum absolute atomic E-state index is 0.130. The molecule has 2 aromatic rings. The zero-order valence-corrected chi connectivity index (χ0v) is 16.4. The van der Waals surface area contributed by atoms with Crippen molar-refractivity contribution in [1.82, 2.24) is 5.32 Å². The van der Waals surface area contributed by atoms with Crippen LogP contribution in [0.1, 0.15) is 28.7 Å². The van der Waals surface area contributed by atoms with Crippen LogP contribution in [0.4, 0.5) is 26.3 Å². The van der Waals surface area contributed by atoms with Crippen molar-refractivity contribution < 1.29 is 36.2 Å². The molecule has 2 aromatic carbocycles. The third kappa shape index (κ3) is 4.71. The predicted octanol–water partition coefficient (Wildman–Crippen LogP) is 4.46. The van der Waals surface area contributed by atoms with Gasteiger partial charge in [-0.1, -0.05) is 48.5 Å². The molecule has 0 fully saturated rings. The molecule has 1 unspecified atom stereocenters. The van der Waals surface area contributed by atoms with Crippen LogP contribution in [0.25, 0.3) is 0 Å². The van der Waals surface area contributed by atoms with E-state index in [1.165, 1.54) is 5.56 Å². The molecule has 31 heavy (non-hydrogen) atoms. The van der Waals surface area contributed by atoms with Gasteiger partial charge in [-0.15, -0.1) is 0 Å². The zero-order chi connectivity index (χ0) is 22.9. The molecule has 0 saturated heterocycles. The van der Waals surface area contributed by atoms with Crippen molar-refractivity contribution in [3.63, 3.8) is 0 Å². The summed E-state index contributed by atoms with van der Waals surface area (Å²) in [6.07, 6.45) is -9.46. The number of hydrogen-bond donors (Lipinski definition) is 2. The van der Waals surface area contributed by atoms with E-state index in [4.69, 9.17) is 0 Å². The molecule has 0 heterocycles. The van der Waals surface area contributed by atoms with Gasteiger partial charge in [0.25, 0.3) is 5.60 Å². The van der Waals surface area contributed by atoms with E-state index in [9.17, 15) is 36.2 Å². The molecule has 1 aliphatic rings. The van der Waals surface area contributed by atoms with Crippen LogP contribution >= 0.6 is 0 Å². The summed E-state index contributed by atoms with van der Waals surface area (Å²) in [5, 5.41) is 12.2. The Kier molecular flexibility index (Phi) is 6.36. The first kappa shape index (κ1) is 23.1. The second-order valence-electron chi connectivity index (χ2n) is 7.65. The van der Waals surface area contributed by atoms with Crippen molar-refractivity contribution in [2.24, 2.45) is 5.92 Å². The van der Waals surface area contributed by atoms with Crippen molar-refractivity contribution in [1.29, 1.82) is 0 Å². The Morgan fingerprint density at radius 3 is 2.10 bits per heavy atom. The highest BCUT2D eigenvalue weighted by molar-refractivity contribution is 5.79. The Bertz CT molecular complexity index is 907. The summed E-state index contributed by atoms with van der Waals surface area (Å²) in [6.45, 7) is 0.194. The van der Waals surface area contributed by atoms with Crippen molar-refractivity contribution in [2.75, 3.05) is 6.54 Å². The number of rotatable bonds is 5. The number of fused-ring (bicyclic) bond motifs is 1. The number of aliphatic hydroxyl groups is 1. The van der Waals surface area contributed by atoms with Crippen LogP contribution in [0.5, 0.6) is 0 Å². The van der Waals surface area contributed by atoms with Crippen LogP contribution < -0.4 is 5.32 Å². The van der Waals surface area contributed by atoms with Crippen LogP contribution in [-0.2, 0) is 29.7 Å². The molecule has 0 radical (unpaired) electrons. The van der Waals surface area contributed by atoms with Crippen LogP contribution in [0.2, 0.25) is 0 Å². The number of hydrogen-bond acceptors (Lipinski definition) is 2. The molecule has 1 atom stereocenters. The molecule has 9 heteroatoms. The van der Waals surface area contributed by atoms with E-state index < -0.39 is 23.5 Å². The fourth-order valence-corrected chi connectivity index (χ4v) is 3.80. The fourth-order valence-electron chi connectivity index (χ4n) is 3.80.